The van der Waals surface area contributed by atoms with Gasteiger partial charge in [-0.05, 0) is 26.0 Å². The largest absolute Gasteiger partial charge is 0.489 e. The van der Waals surface area contributed by atoms with Crippen LogP contribution in [0.3, 0.4) is 0 Å². The smallest absolute Gasteiger partial charge is 0.177 e. The average molecular weight is 239 g/mol. The van der Waals surface area contributed by atoms with Crippen molar-refractivity contribution in [3.8, 4) is 5.75 Å². The summed E-state index contributed by atoms with van der Waals surface area (Å²) >= 11 is 6.05. The Bertz CT molecular complexity index is 542. The molecule has 0 aliphatic rings. The molecule has 0 radical (unpaired) electrons. The second kappa shape index (κ2) is 4.18. The lowest BCUT2D eigenvalue weighted by Gasteiger charge is -2.09. The van der Waals surface area contributed by atoms with Gasteiger partial charge in [-0.1, -0.05) is 11.6 Å². The lowest BCUT2D eigenvalue weighted by atomic mass is 10.1. The van der Waals surface area contributed by atoms with Crippen molar-refractivity contribution in [1.29, 1.82) is 0 Å². The monoisotopic (exact) mass is 238 g/mol. The quantitative estimate of drug-likeness (QED) is 0.766. The molecule has 1 heterocycles. The summed E-state index contributed by atoms with van der Waals surface area (Å²) in [5, 5.41) is 1.26. The molecule has 0 aliphatic carbocycles. The van der Waals surface area contributed by atoms with Gasteiger partial charge in [0.1, 0.15) is 0 Å². The van der Waals surface area contributed by atoms with Gasteiger partial charge in [0.2, 0.25) is 0 Å². The average Bonchev–Trinajstić information content (AvgIpc) is 2.71. The van der Waals surface area contributed by atoms with Crippen molar-refractivity contribution in [2.75, 3.05) is 6.61 Å². The summed E-state index contributed by atoms with van der Waals surface area (Å²) in [5.41, 5.74) is 0.980. The van der Waals surface area contributed by atoms with Crippen molar-refractivity contribution in [2.24, 2.45) is 0 Å². The number of ketones is 1. The molecule has 0 N–H and O–H groups in total. The SMILES string of the molecule is CCOc1c(C(C)=O)cc(Cl)c2ccoc12. The van der Waals surface area contributed by atoms with E-state index in [4.69, 9.17) is 20.8 Å². The molecule has 0 unspecified atom stereocenters. The summed E-state index contributed by atoms with van der Waals surface area (Å²) in [6.07, 6.45) is 1.53. The van der Waals surface area contributed by atoms with Gasteiger partial charge in [-0.3, -0.25) is 4.79 Å². The first kappa shape index (κ1) is 11.0. The number of ether oxygens (including phenoxy) is 1. The molecule has 2 rings (SSSR count). The molecule has 0 atom stereocenters. The van der Waals surface area contributed by atoms with Crippen molar-refractivity contribution < 1.29 is 13.9 Å². The number of carbonyl (C=O) groups excluding carboxylic acids is 1. The van der Waals surface area contributed by atoms with E-state index >= 15 is 0 Å². The lowest BCUT2D eigenvalue weighted by Crippen LogP contribution is -2.01. The zero-order valence-corrected chi connectivity index (χ0v) is 9.80. The van der Waals surface area contributed by atoms with E-state index in [-0.39, 0.29) is 5.78 Å². The Morgan fingerprint density at radius 1 is 1.56 bits per heavy atom. The number of fused-ring (bicyclic) bond motifs is 1. The van der Waals surface area contributed by atoms with E-state index in [1.54, 1.807) is 12.1 Å². The van der Waals surface area contributed by atoms with E-state index < -0.39 is 0 Å². The minimum Gasteiger partial charge on any atom is -0.489 e. The van der Waals surface area contributed by atoms with Crippen LogP contribution in [0.2, 0.25) is 5.02 Å². The van der Waals surface area contributed by atoms with Crippen LogP contribution in [0, 0.1) is 0 Å². The van der Waals surface area contributed by atoms with E-state index in [0.29, 0.717) is 28.5 Å². The number of Topliss-reactive ketones (excluding diaryl/α,β-unsaturated/α-hetero) is 1. The summed E-state index contributed by atoms with van der Waals surface area (Å²) < 4.78 is 10.8. The van der Waals surface area contributed by atoms with Crippen molar-refractivity contribution >= 4 is 28.4 Å². The van der Waals surface area contributed by atoms with Gasteiger partial charge in [0.05, 0.1) is 23.5 Å². The van der Waals surface area contributed by atoms with Gasteiger partial charge in [0.25, 0.3) is 0 Å². The molecule has 84 valence electrons. The topological polar surface area (TPSA) is 39.4 Å². The second-order valence-electron chi connectivity index (χ2n) is 3.39. The third-order valence-electron chi connectivity index (χ3n) is 2.31. The van der Waals surface area contributed by atoms with Crippen LogP contribution in [-0.2, 0) is 0 Å². The van der Waals surface area contributed by atoms with Crippen molar-refractivity contribution in [1.82, 2.24) is 0 Å². The summed E-state index contributed by atoms with van der Waals surface area (Å²) in [6, 6.07) is 3.37. The number of carbonyl (C=O) groups is 1. The molecule has 0 saturated carbocycles. The van der Waals surface area contributed by atoms with Gasteiger partial charge in [-0.2, -0.15) is 0 Å². The highest BCUT2D eigenvalue weighted by Gasteiger charge is 2.17. The van der Waals surface area contributed by atoms with Crippen LogP contribution in [0.1, 0.15) is 24.2 Å². The van der Waals surface area contributed by atoms with E-state index in [0.717, 1.165) is 5.39 Å². The van der Waals surface area contributed by atoms with Crippen molar-refractivity contribution in [3.63, 3.8) is 0 Å². The highest BCUT2D eigenvalue weighted by molar-refractivity contribution is 6.36. The second-order valence-corrected chi connectivity index (χ2v) is 3.79. The lowest BCUT2D eigenvalue weighted by molar-refractivity contribution is 0.101. The first-order valence-electron chi connectivity index (χ1n) is 4.98. The minimum absolute atomic E-state index is 0.0938. The van der Waals surface area contributed by atoms with Crippen molar-refractivity contribution in [3.05, 3.63) is 29.0 Å². The van der Waals surface area contributed by atoms with E-state index in [9.17, 15) is 4.79 Å². The molecular formula is C12H11ClO3. The molecule has 16 heavy (non-hydrogen) atoms. The highest BCUT2D eigenvalue weighted by atomic mass is 35.5. The Kier molecular flexibility index (Phi) is 2.88. The number of halogens is 1. The number of hydrogen-bond acceptors (Lipinski definition) is 3. The van der Waals surface area contributed by atoms with Gasteiger partial charge in [0, 0.05) is 5.39 Å². The summed E-state index contributed by atoms with van der Waals surface area (Å²) in [7, 11) is 0. The Morgan fingerprint density at radius 3 is 2.94 bits per heavy atom. The fourth-order valence-corrected chi connectivity index (χ4v) is 1.87. The maximum absolute atomic E-state index is 11.5. The maximum atomic E-state index is 11.5. The summed E-state index contributed by atoms with van der Waals surface area (Å²) in [6.45, 7) is 3.80. The van der Waals surface area contributed by atoms with Gasteiger partial charge < -0.3 is 9.15 Å². The first-order chi connectivity index (χ1) is 7.65. The molecule has 0 fully saturated rings. The molecule has 3 nitrogen and oxygen atoms in total. The van der Waals surface area contributed by atoms with E-state index in [1.807, 2.05) is 6.92 Å². The Morgan fingerprint density at radius 2 is 2.31 bits per heavy atom. The first-order valence-corrected chi connectivity index (χ1v) is 5.36. The zero-order valence-electron chi connectivity index (χ0n) is 9.04. The van der Waals surface area contributed by atoms with Crippen LogP contribution in [0.15, 0.2) is 22.8 Å². The molecule has 0 saturated heterocycles. The van der Waals surface area contributed by atoms with Crippen LogP contribution in [-0.4, -0.2) is 12.4 Å². The Labute approximate surface area is 97.9 Å². The van der Waals surface area contributed by atoms with E-state index in [2.05, 4.69) is 0 Å². The molecular weight excluding hydrogens is 228 g/mol. The van der Waals surface area contributed by atoms with Crippen LogP contribution in [0.5, 0.6) is 5.75 Å². The molecule has 4 heteroatoms. The number of hydrogen-bond donors (Lipinski definition) is 0. The molecule has 1 aromatic heterocycles. The fraction of sp³-hybridized carbons (Fsp3) is 0.250. The minimum atomic E-state index is -0.0938. The van der Waals surface area contributed by atoms with Crippen LogP contribution in [0.25, 0.3) is 11.0 Å². The fourth-order valence-electron chi connectivity index (χ4n) is 1.61. The predicted molar refractivity (Wildman–Crippen MR) is 62.4 cm³/mol. The van der Waals surface area contributed by atoms with Crippen LogP contribution in [0.4, 0.5) is 0 Å². The molecule has 0 amide bonds. The molecule has 0 bridgehead atoms. The normalized spacial score (nSPS) is 10.7. The summed E-state index contributed by atoms with van der Waals surface area (Å²) in [5.74, 6) is 0.378. The van der Waals surface area contributed by atoms with Crippen molar-refractivity contribution in [2.45, 2.75) is 13.8 Å². The highest BCUT2D eigenvalue weighted by Crippen LogP contribution is 2.36. The predicted octanol–water partition coefficient (Wildman–Crippen LogP) is 3.69. The molecule has 1 aromatic carbocycles. The zero-order chi connectivity index (χ0) is 11.7. The Hall–Kier alpha value is -1.48. The third kappa shape index (κ3) is 1.67. The number of benzene rings is 1. The Balaban J connectivity index is 2.77. The van der Waals surface area contributed by atoms with Gasteiger partial charge in [-0.25, -0.2) is 0 Å². The standard InChI is InChI=1S/C12H11ClO3/c1-3-15-12-9(7(2)14)6-10(13)8-4-5-16-11(8)12/h4-6H,3H2,1-2H3. The van der Waals surface area contributed by atoms with Crippen LogP contribution >= 0.6 is 11.6 Å². The third-order valence-corrected chi connectivity index (χ3v) is 2.63. The molecule has 2 aromatic rings. The number of rotatable bonds is 3. The summed E-state index contributed by atoms with van der Waals surface area (Å²) in [4.78, 5) is 11.5. The maximum Gasteiger partial charge on any atom is 0.177 e. The number of furan rings is 1. The van der Waals surface area contributed by atoms with Crippen LogP contribution < -0.4 is 4.74 Å². The van der Waals surface area contributed by atoms with Gasteiger partial charge in [-0.15, -0.1) is 0 Å². The molecule has 0 aliphatic heterocycles. The van der Waals surface area contributed by atoms with Gasteiger partial charge in [0.15, 0.2) is 17.1 Å². The van der Waals surface area contributed by atoms with E-state index in [1.165, 1.54) is 13.2 Å². The molecule has 0 spiro atoms. The van der Waals surface area contributed by atoms with Gasteiger partial charge >= 0.3 is 0 Å².